The van der Waals surface area contributed by atoms with Gasteiger partial charge in [0.05, 0.1) is 18.7 Å². The number of hydrogen-bond donors (Lipinski definition) is 2. The first-order chi connectivity index (χ1) is 8.92. The summed E-state index contributed by atoms with van der Waals surface area (Å²) in [5.41, 5.74) is 6.01. The number of ether oxygens (including phenoxy) is 2. The van der Waals surface area contributed by atoms with Crippen LogP contribution in [0.2, 0.25) is 0 Å². The molecule has 0 bridgehead atoms. The van der Waals surface area contributed by atoms with Crippen molar-refractivity contribution in [2.45, 2.75) is 18.9 Å². The van der Waals surface area contributed by atoms with E-state index in [1.165, 1.54) is 20.3 Å². The van der Waals surface area contributed by atoms with E-state index in [0.717, 1.165) is 0 Å². The van der Waals surface area contributed by atoms with E-state index in [2.05, 4.69) is 15.9 Å². The number of rotatable bonds is 6. The third-order valence-electron chi connectivity index (χ3n) is 2.64. The van der Waals surface area contributed by atoms with Crippen molar-refractivity contribution in [2.75, 3.05) is 14.2 Å². The van der Waals surface area contributed by atoms with E-state index in [0.29, 0.717) is 10.2 Å². The fourth-order valence-corrected chi connectivity index (χ4v) is 2.54. The largest absolute Gasteiger partial charge is 0.493 e. The normalized spacial score (nSPS) is 12.1. The molecule has 0 spiro atoms. The quantitative estimate of drug-likeness (QED) is 0.834. The van der Waals surface area contributed by atoms with Crippen molar-refractivity contribution in [3.05, 3.63) is 21.9 Å². The molecule has 7 heteroatoms. The Balaban J connectivity index is 3.16. The molecule has 0 aromatic heterocycles. The molecule has 5 nitrogen and oxygen atoms in total. The van der Waals surface area contributed by atoms with Crippen LogP contribution in [0.1, 0.15) is 24.4 Å². The van der Waals surface area contributed by atoms with Crippen LogP contribution in [0.25, 0.3) is 0 Å². The molecule has 0 aliphatic rings. The second-order valence-electron chi connectivity index (χ2n) is 3.86. The number of aliphatic carboxylic acids is 1. The average molecular weight is 336 g/mol. The van der Waals surface area contributed by atoms with Crippen molar-refractivity contribution in [1.82, 2.24) is 0 Å². The van der Waals surface area contributed by atoms with Crippen molar-refractivity contribution in [2.24, 2.45) is 5.73 Å². The SMILES string of the molecule is COc1cc(F)c(C(N)CCC(=O)O)c(Br)c1OC. The van der Waals surface area contributed by atoms with Crippen LogP contribution in [-0.2, 0) is 4.79 Å². The summed E-state index contributed by atoms with van der Waals surface area (Å²) >= 11 is 3.22. The first kappa shape index (κ1) is 15.7. The van der Waals surface area contributed by atoms with Gasteiger partial charge in [-0.15, -0.1) is 0 Å². The summed E-state index contributed by atoms with van der Waals surface area (Å²) < 4.78 is 24.5. The third kappa shape index (κ3) is 3.57. The summed E-state index contributed by atoms with van der Waals surface area (Å²) in [5, 5.41) is 8.63. The first-order valence-corrected chi connectivity index (χ1v) is 6.28. The number of hydrogen-bond acceptors (Lipinski definition) is 4. The molecule has 1 aromatic carbocycles. The summed E-state index contributed by atoms with van der Waals surface area (Å²) in [4.78, 5) is 10.5. The second kappa shape index (κ2) is 6.72. The number of carboxylic acid groups (broad SMARTS) is 1. The molecule has 0 fully saturated rings. The predicted octanol–water partition coefficient (Wildman–Crippen LogP) is 2.47. The highest BCUT2D eigenvalue weighted by Crippen LogP contribution is 2.41. The van der Waals surface area contributed by atoms with Crippen molar-refractivity contribution < 1.29 is 23.8 Å². The summed E-state index contributed by atoms with van der Waals surface area (Å²) in [6.07, 6.45) is -0.0122. The number of halogens is 2. The standard InChI is InChI=1S/C12H15BrFNO4/c1-18-8-5-6(14)10(11(13)12(8)19-2)7(15)3-4-9(16)17/h5,7H,3-4,15H2,1-2H3,(H,16,17). The zero-order valence-electron chi connectivity index (χ0n) is 10.6. The van der Waals surface area contributed by atoms with Gasteiger partial charge < -0.3 is 20.3 Å². The van der Waals surface area contributed by atoms with Gasteiger partial charge in [0.15, 0.2) is 11.5 Å². The summed E-state index contributed by atoms with van der Waals surface area (Å²) in [6.45, 7) is 0. The van der Waals surface area contributed by atoms with Crippen LogP contribution in [0, 0.1) is 5.82 Å². The predicted molar refractivity (Wildman–Crippen MR) is 71.0 cm³/mol. The number of carbonyl (C=O) groups is 1. The van der Waals surface area contributed by atoms with Crippen molar-refractivity contribution in [3.63, 3.8) is 0 Å². The Bertz CT molecular complexity index is 481. The van der Waals surface area contributed by atoms with Crippen LogP contribution in [0.3, 0.4) is 0 Å². The fraction of sp³-hybridized carbons (Fsp3) is 0.417. The monoisotopic (exact) mass is 335 g/mol. The highest BCUT2D eigenvalue weighted by Gasteiger charge is 2.22. The number of benzene rings is 1. The van der Waals surface area contributed by atoms with E-state index in [-0.39, 0.29) is 24.2 Å². The lowest BCUT2D eigenvalue weighted by atomic mass is 10.0. The van der Waals surface area contributed by atoms with Gasteiger partial charge in [0.1, 0.15) is 5.82 Å². The number of methoxy groups -OCH3 is 2. The van der Waals surface area contributed by atoms with Crippen LogP contribution in [0.5, 0.6) is 11.5 Å². The third-order valence-corrected chi connectivity index (χ3v) is 3.43. The van der Waals surface area contributed by atoms with Gasteiger partial charge in [-0.25, -0.2) is 4.39 Å². The molecule has 0 aliphatic carbocycles. The lowest BCUT2D eigenvalue weighted by Crippen LogP contribution is -2.15. The molecule has 0 heterocycles. The zero-order valence-corrected chi connectivity index (χ0v) is 12.2. The second-order valence-corrected chi connectivity index (χ2v) is 4.65. The molecule has 3 N–H and O–H groups in total. The molecular weight excluding hydrogens is 321 g/mol. The summed E-state index contributed by atoms with van der Waals surface area (Å²) in [7, 11) is 2.82. The lowest BCUT2D eigenvalue weighted by Gasteiger charge is -2.18. The highest BCUT2D eigenvalue weighted by molar-refractivity contribution is 9.10. The lowest BCUT2D eigenvalue weighted by molar-refractivity contribution is -0.137. The van der Waals surface area contributed by atoms with Gasteiger partial charge in [0, 0.05) is 24.1 Å². The summed E-state index contributed by atoms with van der Waals surface area (Å²) in [5.74, 6) is -0.986. The molecule has 0 saturated heterocycles. The Hall–Kier alpha value is -1.34. The Kier molecular flexibility index (Phi) is 5.56. The maximum atomic E-state index is 14.0. The number of nitrogens with two attached hydrogens (primary N) is 1. The maximum Gasteiger partial charge on any atom is 0.303 e. The van der Waals surface area contributed by atoms with Crippen LogP contribution in [0.15, 0.2) is 10.5 Å². The van der Waals surface area contributed by atoms with E-state index in [1.54, 1.807) is 0 Å². The van der Waals surface area contributed by atoms with E-state index in [1.807, 2.05) is 0 Å². The van der Waals surface area contributed by atoms with Crippen LogP contribution in [0.4, 0.5) is 4.39 Å². The van der Waals surface area contributed by atoms with E-state index in [9.17, 15) is 9.18 Å². The molecule has 0 radical (unpaired) electrons. The Labute approximate surface area is 118 Å². The molecule has 0 aliphatic heterocycles. The van der Waals surface area contributed by atoms with Gasteiger partial charge in [-0.05, 0) is 22.4 Å². The molecule has 106 valence electrons. The van der Waals surface area contributed by atoms with Crippen LogP contribution >= 0.6 is 15.9 Å². The molecule has 1 rings (SSSR count). The molecular formula is C12H15BrFNO4. The van der Waals surface area contributed by atoms with Crippen LogP contribution < -0.4 is 15.2 Å². The fourth-order valence-electron chi connectivity index (χ4n) is 1.70. The molecule has 19 heavy (non-hydrogen) atoms. The zero-order chi connectivity index (χ0) is 14.6. The average Bonchev–Trinajstić information content (AvgIpc) is 2.35. The van der Waals surface area contributed by atoms with Crippen LogP contribution in [-0.4, -0.2) is 25.3 Å². The van der Waals surface area contributed by atoms with Gasteiger partial charge in [0.25, 0.3) is 0 Å². The van der Waals surface area contributed by atoms with Gasteiger partial charge in [-0.3, -0.25) is 4.79 Å². The van der Waals surface area contributed by atoms with Crippen molar-refractivity contribution >= 4 is 21.9 Å². The van der Waals surface area contributed by atoms with E-state index < -0.39 is 17.8 Å². The van der Waals surface area contributed by atoms with E-state index in [4.69, 9.17) is 20.3 Å². The molecule has 0 amide bonds. The van der Waals surface area contributed by atoms with Crippen molar-refractivity contribution in [3.8, 4) is 11.5 Å². The Morgan fingerprint density at radius 1 is 1.53 bits per heavy atom. The molecule has 1 aromatic rings. The Morgan fingerprint density at radius 2 is 2.16 bits per heavy atom. The van der Waals surface area contributed by atoms with Gasteiger partial charge in [-0.2, -0.15) is 0 Å². The minimum atomic E-state index is -0.979. The number of carboxylic acids is 1. The highest BCUT2D eigenvalue weighted by atomic mass is 79.9. The topological polar surface area (TPSA) is 81.8 Å². The smallest absolute Gasteiger partial charge is 0.303 e. The summed E-state index contributed by atoms with van der Waals surface area (Å²) in [6, 6.07) is 0.421. The minimum absolute atomic E-state index is 0.125. The first-order valence-electron chi connectivity index (χ1n) is 5.49. The van der Waals surface area contributed by atoms with Crippen molar-refractivity contribution in [1.29, 1.82) is 0 Å². The van der Waals surface area contributed by atoms with Gasteiger partial charge in [-0.1, -0.05) is 0 Å². The van der Waals surface area contributed by atoms with Gasteiger partial charge in [0.2, 0.25) is 0 Å². The Morgan fingerprint density at radius 3 is 2.63 bits per heavy atom. The van der Waals surface area contributed by atoms with E-state index >= 15 is 0 Å². The van der Waals surface area contributed by atoms with Gasteiger partial charge >= 0.3 is 5.97 Å². The molecule has 1 atom stereocenters. The maximum absolute atomic E-state index is 14.0. The molecule has 1 unspecified atom stereocenters. The minimum Gasteiger partial charge on any atom is -0.493 e. The molecule has 0 saturated carbocycles.